The van der Waals surface area contributed by atoms with Gasteiger partial charge in [0.05, 0.1) is 24.2 Å². The molecule has 2 aromatic carbocycles. The molecular formula is C29H31N3O3. The molecule has 3 aromatic rings. The standard InChI is InChI=1S/C29H31N3O3/c1-4-19-11-13-20(14-12-19)30-26(34)18-32-23-9-6-5-8-21(23)31-22-16-29(2,3)17-24(33)27(22)28(32)25-10-7-15-35-25/h5-15,28,31H,4,16-18H2,1-3H3,(H,30,34)/t28-/m1/s1. The van der Waals surface area contributed by atoms with Gasteiger partial charge in [0, 0.05) is 23.4 Å². The largest absolute Gasteiger partial charge is 0.467 e. The van der Waals surface area contributed by atoms with E-state index in [1.165, 1.54) is 5.56 Å². The Hall–Kier alpha value is -3.80. The Bertz CT molecular complexity index is 1270. The number of rotatable bonds is 5. The Morgan fingerprint density at radius 2 is 1.86 bits per heavy atom. The first kappa shape index (κ1) is 23.0. The summed E-state index contributed by atoms with van der Waals surface area (Å²) in [5.74, 6) is 0.566. The van der Waals surface area contributed by atoms with Crippen LogP contribution >= 0.6 is 0 Å². The van der Waals surface area contributed by atoms with Crippen LogP contribution in [0, 0.1) is 5.41 Å². The Balaban J connectivity index is 1.56. The van der Waals surface area contributed by atoms with Gasteiger partial charge in [-0.15, -0.1) is 0 Å². The molecule has 0 saturated heterocycles. The molecule has 1 atom stereocenters. The van der Waals surface area contributed by atoms with Crippen LogP contribution in [-0.4, -0.2) is 18.2 Å². The molecule has 1 amide bonds. The van der Waals surface area contributed by atoms with Crippen molar-refractivity contribution in [1.82, 2.24) is 0 Å². The lowest BCUT2D eigenvalue weighted by atomic mass is 9.74. The number of furan rings is 1. The summed E-state index contributed by atoms with van der Waals surface area (Å²) < 4.78 is 5.86. The molecule has 2 heterocycles. The summed E-state index contributed by atoms with van der Waals surface area (Å²) in [6, 6.07) is 19.0. The number of anilines is 3. The number of carbonyl (C=O) groups is 2. The van der Waals surface area contributed by atoms with Gasteiger partial charge in [0.25, 0.3) is 0 Å². The van der Waals surface area contributed by atoms with Gasteiger partial charge in [0.15, 0.2) is 5.78 Å². The molecule has 2 N–H and O–H groups in total. The first-order chi connectivity index (χ1) is 16.8. The summed E-state index contributed by atoms with van der Waals surface area (Å²) >= 11 is 0. The van der Waals surface area contributed by atoms with E-state index in [4.69, 9.17) is 4.42 Å². The highest BCUT2D eigenvalue weighted by Crippen LogP contribution is 2.48. The molecule has 6 nitrogen and oxygen atoms in total. The normalized spacial score (nSPS) is 18.9. The van der Waals surface area contributed by atoms with Gasteiger partial charge in [-0.3, -0.25) is 9.59 Å². The molecule has 0 radical (unpaired) electrons. The number of para-hydroxylation sites is 2. The van der Waals surface area contributed by atoms with E-state index >= 15 is 0 Å². The zero-order valence-corrected chi connectivity index (χ0v) is 20.4. The van der Waals surface area contributed by atoms with Gasteiger partial charge in [-0.05, 0) is 60.2 Å². The average molecular weight is 470 g/mol. The lowest BCUT2D eigenvalue weighted by Gasteiger charge is -2.36. The van der Waals surface area contributed by atoms with Gasteiger partial charge in [-0.1, -0.05) is 45.0 Å². The molecule has 1 aromatic heterocycles. The van der Waals surface area contributed by atoms with E-state index in [2.05, 4.69) is 31.4 Å². The molecule has 0 spiro atoms. The van der Waals surface area contributed by atoms with E-state index in [0.717, 1.165) is 35.6 Å². The van der Waals surface area contributed by atoms with Gasteiger partial charge in [-0.25, -0.2) is 0 Å². The Labute approximate surface area is 206 Å². The predicted molar refractivity (Wildman–Crippen MR) is 138 cm³/mol. The second kappa shape index (κ2) is 9.10. The molecule has 0 bridgehead atoms. The number of aryl methyl sites for hydroxylation is 1. The minimum atomic E-state index is -0.507. The maximum atomic E-state index is 13.6. The molecule has 1 aliphatic carbocycles. The topological polar surface area (TPSA) is 74.6 Å². The number of nitrogens with zero attached hydrogens (tertiary/aromatic N) is 1. The molecule has 5 rings (SSSR count). The number of allylic oxidation sites excluding steroid dienone is 1. The van der Waals surface area contributed by atoms with Crippen LogP contribution in [0.2, 0.25) is 0 Å². The van der Waals surface area contributed by atoms with Crippen LogP contribution in [0.4, 0.5) is 17.1 Å². The van der Waals surface area contributed by atoms with Crippen LogP contribution in [0.3, 0.4) is 0 Å². The van der Waals surface area contributed by atoms with Crippen molar-refractivity contribution < 1.29 is 14.0 Å². The third-order valence-electron chi connectivity index (χ3n) is 6.78. The number of ketones is 1. The summed E-state index contributed by atoms with van der Waals surface area (Å²) in [5, 5.41) is 6.57. The first-order valence-electron chi connectivity index (χ1n) is 12.2. The highest BCUT2D eigenvalue weighted by molar-refractivity contribution is 6.02. The van der Waals surface area contributed by atoms with Crippen LogP contribution in [0.25, 0.3) is 0 Å². The third-order valence-corrected chi connectivity index (χ3v) is 6.78. The highest BCUT2D eigenvalue weighted by Gasteiger charge is 2.42. The van der Waals surface area contributed by atoms with Crippen molar-refractivity contribution in [3.05, 3.63) is 89.5 Å². The minimum absolute atomic E-state index is 0.0625. The van der Waals surface area contributed by atoms with Crippen LogP contribution in [0.5, 0.6) is 0 Å². The maximum Gasteiger partial charge on any atom is 0.243 e. The SMILES string of the molecule is CCc1ccc(NC(=O)CN2c3ccccc3NC3=C(C(=O)CC(C)(C)C3)[C@H]2c2ccco2)cc1. The van der Waals surface area contributed by atoms with Crippen LogP contribution < -0.4 is 15.5 Å². The van der Waals surface area contributed by atoms with Crippen molar-refractivity contribution in [2.45, 2.75) is 46.1 Å². The van der Waals surface area contributed by atoms with Crippen molar-refractivity contribution >= 4 is 28.8 Å². The number of Topliss-reactive ketones (excluding diaryl/α,β-unsaturated/α-hetero) is 1. The predicted octanol–water partition coefficient (Wildman–Crippen LogP) is 6.10. The molecular weight excluding hydrogens is 438 g/mol. The molecule has 1 aliphatic heterocycles. The molecule has 35 heavy (non-hydrogen) atoms. The number of fused-ring (bicyclic) bond motifs is 1. The van der Waals surface area contributed by atoms with Crippen molar-refractivity contribution in [3.8, 4) is 0 Å². The summed E-state index contributed by atoms with van der Waals surface area (Å²) in [5.41, 5.74) is 5.12. The van der Waals surface area contributed by atoms with Crippen molar-refractivity contribution in [3.63, 3.8) is 0 Å². The van der Waals surface area contributed by atoms with Gasteiger partial charge < -0.3 is 20.0 Å². The summed E-state index contributed by atoms with van der Waals surface area (Å²) in [4.78, 5) is 28.9. The Morgan fingerprint density at radius 3 is 2.57 bits per heavy atom. The Morgan fingerprint density at radius 1 is 1.09 bits per heavy atom. The second-order valence-electron chi connectivity index (χ2n) is 10.1. The smallest absolute Gasteiger partial charge is 0.243 e. The van der Waals surface area contributed by atoms with Gasteiger partial charge in [0.1, 0.15) is 11.8 Å². The fourth-order valence-electron chi connectivity index (χ4n) is 5.15. The lowest BCUT2D eigenvalue weighted by Crippen LogP contribution is -2.40. The van der Waals surface area contributed by atoms with Gasteiger partial charge in [-0.2, -0.15) is 0 Å². The van der Waals surface area contributed by atoms with Crippen LogP contribution in [0.15, 0.2) is 82.6 Å². The number of hydrogen-bond donors (Lipinski definition) is 2. The zero-order chi connectivity index (χ0) is 24.6. The van der Waals surface area contributed by atoms with Crippen molar-refractivity contribution in [2.75, 3.05) is 22.1 Å². The average Bonchev–Trinajstić information content (AvgIpc) is 3.31. The summed E-state index contributed by atoms with van der Waals surface area (Å²) in [6.07, 6.45) is 3.75. The fourth-order valence-corrected chi connectivity index (χ4v) is 5.15. The monoisotopic (exact) mass is 469 g/mol. The highest BCUT2D eigenvalue weighted by atomic mass is 16.3. The van der Waals surface area contributed by atoms with E-state index in [0.29, 0.717) is 17.8 Å². The zero-order valence-electron chi connectivity index (χ0n) is 20.4. The number of hydrogen-bond acceptors (Lipinski definition) is 5. The number of benzene rings is 2. The van der Waals surface area contributed by atoms with E-state index in [1.54, 1.807) is 6.26 Å². The molecule has 2 aliphatic rings. The second-order valence-corrected chi connectivity index (χ2v) is 10.1. The minimum Gasteiger partial charge on any atom is -0.467 e. The lowest BCUT2D eigenvalue weighted by molar-refractivity contribution is -0.119. The number of amides is 1. The summed E-state index contributed by atoms with van der Waals surface area (Å²) in [6.45, 7) is 6.39. The van der Waals surface area contributed by atoms with E-state index in [9.17, 15) is 9.59 Å². The maximum absolute atomic E-state index is 13.6. The molecule has 0 unspecified atom stereocenters. The first-order valence-corrected chi connectivity index (χ1v) is 12.2. The van der Waals surface area contributed by atoms with Gasteiger partial charge >= 0.3 is 0 Å². The van der Waals surface area contributed by atoms with Gasteiger partial charge in [0.2, 0.25) is 5.91 Å². The van der Waals surface area contributed by atoms with Crippen LogP contribution in [0.1, 0.15) is 51.0 Å². The van der Waals surface area contributed by atoms with E-state index in [-0.39, 0.29) is 23.7 Å². The Kier molecular flexibility index (Phi) is 5.97. The number of carbonyl (C=O) groups excluding carboxylic acids is 2. The number of nitrogens with one attached hydrogen (secondary N) is 2. The van der Waals surface area contributed by atoms with E-state index < -0.39 is 6.04 Å². The molecule has 180 valence electrons. The molecule has 0 saturated carbocycles. The van der Waals surface area contributed by atoms with Crippen LogP contribution in [-0.2, 0) is 16.0 Å². The fraction of sp³-hybridized carbons (Fsp3) is 0.310. The van der Waals surface area contributed by atoms with E-state index in [1.807, 2.05) is 65.6 Å². The molecule has 0 fully saturated rings. The molecule has 6 heteroatoms. The van der Waals surface area contributed by atoms with Crippen molar-refractivity contribution in [1.29, 1.82) is 0 Å². The third kappa shape index (κ3) is 4.61. The summed E-state index contributed by atoms with van der Waals surface area (Å²) in [7, 11) is 0. The van der Waals surface area contributed by atoms with Crippen molar-refractivity contribution in [2.24, 2.45) is 5.41 Å². The quantitative estimate of drug-likeness (QED) is 0.472.